The summed E-state index contributed by atoms with van der Waals surface area (Å²) in [6.07, 6.45) is 0. The second-order valence-corrected chi connectivity index (χ2v) is 2.54. The minimum Gasteiger partial charge on any atom is -0.301 e. The molecule has 0 aliphatic carbocycles. The second kappa shape index (κ2) is 2.07. The first-order valence-corrected chi connectivity index (χ1v) is 3.40. The van der Waals surface area contributed by atoms with Crippen LogP contribution in [-0.2, 0) is 0 Å². The Bertz CT molecular complexity index is 385. The molecule has 59 valence electrons. The van der Waals surface area contributed by atoms with Gasteiger partial charge in [-0.3, -0.25) is 14.9 Å². The van der Waals surface area contributed by atoms with Crippen LogP contribution < -0.4 is 11.1 Å². The second-order valence-electron chi connectivity index (χ2n) is 2.54. The highest BCUT2D eigenvalue weighted by Crippen LogP contribution is 2.18. The minimum atomic E-state index is -0.413. The van der Waals surface area contributed by atoms with Gasteiger partial charge in [-0.05, 0) is 18.2 Å². The van der Waals surface area contributed by atoms with Gasteiger partial charge in [0.15, 0.2) is 0 Å². The molecule has 1 aromatic carbocycles. The van der Waals surface area contributed by atoms with E-state index in [1.807, 2.05) is 0 Å². The van der Waals surface area contributed by atoms with E-state index in [1.165, 1.54) is 18.2 Å². The van der Waals surface area contributed by atoms with Crippen molar-refractivity contribution in [3.05, 3.63) is 29.3 Å². The van der Waals surface area contributed by atoms with Crippen molar-refractivity contribution in [2.24, 2.45) is 0 Å². The lowest BCUT2D eigenvalue weighted by Crippen LogP contribution is -2.19. The Labute approximate surface area is 68.4 Å². The summed E-state index contributed by atoms with van der Waals surface area (Å²) in [5.41, 5.74) is 8.12. The smallest absolute Gasteiger partial charge is 0.259 e. The van der Waals surface area contributed by atoms with Gasteiger partial charge in [0, 0.05) is 0 Å². The number of carbonyl (C=O) groups excluding carboxylic acids is 2. The summed E-state index contributed by atoms with van der Waals surface area (Å²) in [4.78, 5) is 22.0. The first kappa shape index (κ1) is 6.84. The highest BCUT2D eigenvalue weighted by atomic mass is 16.2. The molecule has 2 amide bonds. The topological polar surface area (TPSA) is 70.0 Å². The molecule has 0 unspecified atom stereocenters. The fourth-order valence-electron chi connectivity index (χ4n) is 1.17. The molecule has 2 rings (SSSR count). The number of imide groups is 1. The van der Waals surface area contributed by atoms with Crippen molar-refractivity contribution in [2.75, 3.05) is 0 Å². The first-order valence-electron chi connectivity index (χ1n) is 3.40. The Morgan fingerprint density at radius 3 is 2.50 bits per heavy atom. The predicted molar refractivity (Wildman–Crippen MR) is 41.0 cm³/mol. The number of carbonyl (C=O) groups is 2. The quantitative estimate of drug-likeness (QED) is 0.562. The summed E-state index contributed by atoms with van der Waals surface area (Å²) in [5.74, 6) is -0.792. The average molecular weight is 161 g/mol. The molecule has 0 saturated heterocycles. The normalized spacial score (nSPS) is 14.3. The van der Waals surface area contributed by atoms with Crippen LogP contribution in [0.2, 0.25) is 0 Å². The van der Waals surface area contributed by atoms with Crippen LogP contribution in [0.4, 0.5) is 5.69 Å². The van der Waals surface area contributed by atoms with E-state index in [4.69, 9.17) is 5.73 Å². The first-order chi connectivity index (χ1) is 5.68. The summed E-state index contributed by atoms with van der Waals surface area (Å²) < 4.78 is 0. The molecule has 0 fully saturated rings. The molecule has 0 saturated carbocycles. The molecule has 12 heavy (non-hydrogen) atoms. The number of hydrogen-bond acceptors (Lipinski definition) is 2. The molecular formula is C8H5N2O2. The van der Waals surface area contributed by atoms with Crippen molar-refractivity contribution in [2.45, 2.75) is 0 Å². The van der Waals surface area contributed by atoms with E-state index in [-0.39, 0.29) is 11.6 Å². The standard InChI is InChI=1S/C8H5N2O2/c9-4-1-2-5-6(3-4)8(12)10-7(5)11/h1-3,9H,(H,10,11,12). The molecule has 1 aliphatic rings. The number of rotatable bonds is 0. The van der Waals surface area contributed by atoms with Gasteiger partial charge in [0.25, 0.3) is 11.8 Å². The number of nitrogens with one attached hydrogen (secondary N) is 2. The third-order valence-electron chi connectivity index (χ3n) is 1.74. The van der Waals surface area contributed by atoms with E-state index in [1.54, 1.807) is 0 Å². The molecular weight excluding hydrogens is 156 g/mol. The maximum atomic E-state index is 11.0. The van der Waals surface area contributed by atoms with Gasteiger partial charge in [-0.15, -0.1) is 0 Å². The number of amides is 2. The van der Waals surface area contributed by atoms with Gasteiger partial charge in [-0.2, -0.15) is 0 Å². The van der Waals surface area contributed by atoms with E-state index in [0.717, 1.165) is 0 Å². The lowest BCUT2D eigenvalue weighted by Gasteiger charge is -1.93. The van der Waals surface area contributed by atoms with Crippen LogP contribution in [0.5, 0.6) is 0 Å². The highest BCUT2D eigenvalue weighted by Gasteiger charge is 2.26. The predicted octanol–water partition coefficient (Wildman–Crippen LogP) is 0.485. The molecule has 4 heteroatoms. The van der Waals surface area contributed by atoms with Crippen LogP contribution in [0.15, 0.2) is 18.2 Å². The molecule has 1 radical (unpaired) electrons. The molecule has 0 bridgehead atoms. The van der Waals surface area contributed by atoms with E-state index in [2.05, 4.69) is 5.32 Å². The van der Waals surface area contributed by atoms with Crippen molar-refractivity contribution in [1.82, 2.24) is 11.1 Å². The van der Waals surface area contributed by atoms with Crippen LogP contribution in [0.3, 0.4) is 0 Å². The lowest BCUT2D eigenvalue weighted by molar-refractivity contribution is 0.0879. The van der Waals surface area contributed by atoms with Crippen LogP contribution in [0.25, 0.3) is 0 Å². The van der Waals surface area contributed by atoms with E-state index >= 15 is 0 Å². The summed E-state index contributed by atoms with van der Waals surface area (Å²) >= 11 is 0. The molecule has 1 aliphatic heterocycles. The molecule has 4 nitrogen and oxygen atoms in total. The van der Waals surface area contributed by atoms with Crippen LogP contribution in [-0.4, -0.2) is 11.8 Å². The van der Waals surface area contributed by atoms with Gasteiger partial charge in [-0.25, -0.2) is 0 Å². The van der Waals surface area contributed by atoms with Gasteiger partial charge in [0.2, 0.25) is 0 Å². The van der Waals surface area contributed by atoms with Crippen LogP contribution in [0, 0.1) is 0 Å². The van der Waals surface area contributed by atoms with Crippen molar-refractivity contribution in [3.63, 3.8) is 0 Å². The summed E-state index contributed by atoms with van der Waals surface area (Å²) in [5, 5.41) is 2.15. The third kappa shape index (κ3) is 0.780. The fourth-order valence-corrected chi connectivity index (χ4v) is 1.17. The molecule has 1 aromatic rings. The zero-order chi connectivity index (χ0) is 8.72. The SMILES string of the molecule is [NH]c1ccc2c(c1)C(=O)NC2=O. The molecule has 0 aromatic heterocycles. The maximum absolute atomic E-state index is 11.0. The maximum Gasteiger partial charge on any atom is 0.259 e. The van der Waals surface area contributed by atoms with Gasteiger partial charge in [0.1, 0.15) is 0 Å². The number of hydrogen-bond donors (Lipinski definition) is 1. The zero-order valence-electron chi connectivity index (χ0n) is 6.05. The van der Waals surface area contributed by atoms with E-state index < -0.39 is 5.91 Å². The molecule has 0 spiro atoms. The van der Waals surface area contributed by atoms with E-state index in [0.29, 0.717) is 11.1 Å². The Kier molecular flexibility index (Phi) is 1.18. The summed E-state index contributed by atoms with van der Waals surface area (Å²) in [6, 6.07) is 4.35. The van der Waals surface area contributed by atoms with Crippen molar-refractivity contribution < 1.29 is 9.59 Å². The Hall–Kier alpha value is -1.84. The van der Waals surface area contributed by atoms with Gasteiger partial charge >= 0.3 is 0 Å². The largest absolute Gasteiger partial charge is 0.301 e. The van der Waals surface area contributed by atoms with Crippen molar-refractivity contribution >= 4 is 17.5 Å². The summed E-state index contributed by atoms with van der Waals surface area (Å²) in [6.45, 7) is 0. The Morgan fingerprint density at radius 1 is 1.08 bits per heavy atom. The van der Waals surface area contributed by atoms with Crippen LogP contribution >= 0.6 is 0 Å². The Morgan fingerprint density at radius 2 is 1.75 bits per heavy atom. The zero-order valence-corrected chi connectivity index (χ0v) is 6.05. The minimum absolute atomic E-state index is 0.235. The van der Waals surface area contributed by atoms with Gasteiger partial charge in [0.05, 0.1) is 16.8 Å². The van der Waals surface area contributed by atoms with Crippen LogP contribution in [0.1, 0.15) is 20.7 Å². The third-order valence-corrected chi connectivity index (χ3v) is 1.74. The highest BCUT2D eigenvalue weighted by molar-refractivity contribution is 6.21. The average Bonchev–Trinajstić information content (AvgIpc) is 2.28. The Balaban J connectivity index is 2.68. The van der Waals surface area contributed by atoms with Crippen molar-refractivity contribution in [1.29, 1.82) is 0 Å². The molecule has 0 atom stereocenters. The number of benzene rings is 1. The van der Waals surface area contributed by atoms with Crippen molar-refractivity contribution in [3.8, 4) is 0 Å². The molecule has 1 heterocycles. The number of fused-ring (bicyclic) bond motifs is 1. The van der Waals surface area contributed by atoms with E-state index in [9.17, 15) is 9.59 Å². The molecule has 2 N–H and O–H groups in total. The summed E-state index contributed by atoms with van der Waals surface area (Å²) in [7, 11) is 0. The monoisotopic (exact) mass is 161 g/mol. The van der Waals surface area contributed by atoms with Gasteiger partial charge < -0.3 is 5.73 Å². The van der Waals surface area contributed by atoms with Gasteiger partial charge in [-0.1, -0.05) is 0 Å². The lowest BCUT2D eigenvalue weighted by atomic mass is 10.1. The fraction of sp³-hybridized carbons (Fsp3) is 0.